The predicted octanol–water partition coefficient (Wildman–Crippen LogP) is 2.45. The van der Waals surface area contributed by atoms with Crippen LogP contribution in [-0.2, 0) is 9.53 Å². The quantitative estimate of drug-likeness (QED) is 0.592. The third kappa shape index (κ3) is 1.97. The third-order valence-electron chi connectivity index (χ3n) is 3.45. The highest BCUT2D eigenvalue weighted by molar-refractivity contribution is 5.90. The SMILES string of the molecule is COC(=O)C1(N=Cc2ccccc2)CC1(C)C. The van der Waals surface area contributed by atoms with Crippen molar-refractivity contribution in [2.24, 2.45) is 10.4 Å². The lowest BCUT2D eigenvalue weighted by Gasteiger charge is -2.12. The fourth-order valence-corrected chi connectivity index (χ4v) is 2.11. The van der Waals surface area contributed by atoms with E-state index >= 15 is 0 Å². The third-order valence-corrected chi connectivity index (χ3v) is 3.45. The van der Waals surface area contributed by atoms with Gasteiger partial charge in [0.2, 0.25) is 0 Å². The van der Waals surface area contributed by atoms with Crippen molar-refractivity contribution in [1.29, 1.82) is 0 Å². The Morgan fingerprint density at radius 1 is 1.35 bits per heavy atom. The van der Waals surface area contributed by atoms with Crippen molar-refractivity contribution >= 4 is 12.2 Å². The van der Waals surface area contributed by atoms with Gasteiger partial charge in [-0.25, -0.2) is 4.79 Å². The average Bonchev–Trinajstić information content (AvgIpc) is 2.90. The van der Waals surface area contributed by atoms with Gasteiger partial charge in [0.15, 0.2) is 5.54 Å². The topological polar surface area (TPSA) is 38.7 Å². The Kier molecular flexibility index (Phi) is 2.77. The summed E-state index contributed by atoms with van der Waals surface area (Å²) >= 11 is 0. The first-order chi connectivity index (χ1) is 8.02. The van der Waals surface area contributed by atoms with Crippen LogP contribution in [0.15, 0.2) is 35.3 Å². The molecule has 0 aliphatic heterocycles. The van der Waals surface area contributed by atoms with Crippen LogP contribution >= 0.6 is 0 Å². The van der Waals surface area contributed by atoms with E-state index in [0.29, 0.717) is 0 Å². The molecule has 0 N–H and O–H groups in total. The molecule has 0 bridgehead atoms. The van der Waals surface area contributed by atoms with Crippen LogP contribution in [0.3, 0.4) is 0 Å². The van der Waals surface area contributed by atoms with Gasteiger partial charge in [-0.15, -0.1) is 0 Å². The van der Waals surface area contributed by atoms with Gasteiger partial charge in [0.05, 0.1) is 7.11 Å². The molecule has 2 rings (SSSR count). The number of aliphatic imine (C=N–C) groups is 1. The fraction of sp³-hybridized carbons (Fsp3) is 0.429. The first-order valence-corrected chi connectivity index (χ1v) is 5.70. The second-order valence-corrected chi connectivity index (χ2v) is 5.08. The highest BCUT2D eigenvalue weighted by Gasteiger charge is 2.67. The summed E-state index contributed by atoms with van der Waals surface area (Å²) in [6, 6.07) is 9.77. The second-order valence-electron chi connectivity index (χ2n) is 5.08. The van der Waals surface area contributed by atoms with Gasteiger partial charge in [-0.1, -0.05) is 44.2 Å². The number of hydrogen-bond donors (Lipinski definition) is 0. The van der Waals surface area contributed by atoms with Crippen LogP contribution in [0.1, 0.15) is 25.8 Å². The van der Waals surface area contributed by atoms with Gasteiger partial charge in [0, 0.05) is 11.6 Å². The molecule has 0 heterocycles. The van der Waals surface area contributed by atoms with Crippen LogP contribution in [0.5, 0.6) is 0 Å². The van der Waals surface area contributed by atoms with E-state index in [2.05, 4.69) is 4.99 Å². The molecule has 1 aliphatic carbocycles. The van der Waals surface area contributed by atoms with Crippen LogP contribution < -0.4 is 0 Å². The Balaban J connectivity index is 2.22. The maximum atomic E-state index is 11.8. The average molecular weight is 231 g/mol. The van der Waals surface area contributed by atoms with Gasteiger partial charge in [-0.2, -0.15) is 0 Å². The van der Waals surface area contributed by atoms with Crippen LogP contribution in [0.2, 0.25) is 0 Å². The van der Waals surface area contributed by atoms with Crippen molar-refractivity contribution in [3.8, 4) is 0 Å². The summed E-state index contributed by atoms with van der Waals surface area (Å²) in [7, 11) is 1.41. The van der Waals surface area contributed by atoms with Gasteiger partial charge in [0.1, 0.15) is 0 Å². The maximum absolute atomic E-state index is 11.8. The van der Waals surface area contributed by atoms with Crippen LogP contribution in [0, 0.1) is 5.41 Å². The van der Waals surface area contributed by atoms with E-state index in [9.17, 15) is 4.79 Å². The summed E-state index contributed by atoms with van der Waals surface area (Å²) in [5.74, 6) is -0.241. The summed E-state index contributed by atoms with van der Waals surface area (Å²) in [5.41, 5.74) is 0.210. The van der Waals surface area contributed by atoms with E-state index in [1.165, 1.54) is 7.11 Å². The molecule has 1 aromatic rings. The highest BCUT2D eigenvalue weighted by Crippen LogP contribution is 2.59. The minimum atomic E-state index is -0.683. The summed E-state index contributed by atoms with van der Waals surface area (Å²) < 4.78 is 4.85. The van der Waals surface area contributed by atoms with Crippen molar-refractivity contribution in [2.45, 2.75) is 25.8 Å². The van der Waals surface area contributed by atoms with E-state index in [4.69, 9.17) is 4.74 Å². The largest absolute Gasteiger partial charge is 0.467 e. The molecule has 17 heavy (non-hydrogen) atoms. The zero-order chi connectivity index (χ0) is 12.5. The van der Waals surface area contributed by atoms with Crippen LogP contribution in [-0.4, -0.2) is 24.8 Å². The van der Waals surface area contributed by atoms with E-state index in [1.54, 1.807) is 6.21 Å². The second kappa shape index (κ2) is 3.99. The smallest absolute Gasteiger partial charge is 0.334 e. The lowest BCUT2D eigenvalue weighted by molar-refractivity contribution is -0.144. The summed E-state index contributed by atoms with van der Waals surface area (Å²) in [6.07, 6.45) is 2.50. The van der Waals surface area contributed by atoms with E-state index in [0.717, 1.165) is 12.0 Å². The number of carbonyl (C=O) groups excluding carboxylic acids is 1. The molecule has 0 aromatic heterocycles. The Hall–Kier alpha value is -1.64. The molecule has 3 heteroatoms. The van der Waals surface area contributed by atoms with Crippen molar-refractivity contribution in [3.63, 3.8) is 0 Å². The number of rotatable bonds is 3. The van der Waals surface area contributed by atoms with Gasteiger partial charge in [0.25, 0.3) is 0 Å². The number of nitrogens with zero attached hydrogens (tertiary/aromatic N) is 1. The number of hydrogen-bond acceptors (Lipinski definition) is 3. The van der Waals surface area contributed by atoms with Crippen molar-refractivity contribution < 1.29 is 9.53 Å². The molecule has 0 spiro atoms. The van der Waals surface area contributed by atoms with E-state index < -0.39 is 5.54 Å². The lowest BCUT2D eigenvalue weighted by Crippen LogP contribution is -2.27. The van der Waals surface area contributed by atoms with Crippen LogP contribution in [0.4, 0.5) is 0 Å². The standard InChI is InChI=1S/C14H17NO2/c1-13(2)10-14(13,12(16)17-3)15-9-11-7-5-4-6-8-11/h4-9H,10H2,1-3H3. The fourth-order valence-electron chi connectivity index (χ4n) is 2.11. The summed E-state index contributed by atoms with van der Waals surface area (Å²) in [4.78, 5) is 16.3. The number of methoxy groups -OCH3 is 1. The number of ether oxygens (including phenoxy) is 1. The maximum Gasteiger partial charge on any atom is 0.334 e. The van der Waals surface area contributed by atoms with Gasteiger partial charge < -0.3 is 4.74 Å². The summed E-state index contributed by atoms with van der Waals surface area (Å²) in [5, 5.41) is 0. The minimum absolute atomic E-state index is 0.106. The van der Waals surface area contributed by atoms with Crippen molar-refractivity contribution in [3.05, 3.63) is 35.9 Å². The molecule has 0 saturated heterocycles. The normalized spacial score (nSPS) is 25.8. The van der Waals surface area contributed by atoms with Crippen molar-refractivity contribution in [2.75, 3.05) is 7.11 Å². The zero-order valence-electron chi connectivity index (χ0n) is 10.4. The van der Waals surface area contributed by atoms with E-state index in [-0.39, 0.29) is 11.4 Å². The number of esters is 1. The number of benzene rings is 1. The zero-order valence-corrected chi connectivity index (χ0v) is 10.4. The predicted molar refractivity (Wildman–Crippen MR) is 67.2 cm³/mol. The van der Waals surface area contributed by atoms with Gasteiger partial charge in [-0.05, 0) is 12.0 Å². The van der Waals surface area contributed by atoms with Crippen LogP contribution in [0.25, 0.3) is 0 Å². The molecular formula is C14H17NO2. The van der Waals surface area contributed by atoms with E-state index in [1.807, 2.05) is 44.2 Å². The molecule has 0 radical (unpaired) electrons. The monoisotopic (exact) mass is 231 g/mol. The Bertz CT molecular complexity index is 451. The van der Waals surface area contributed by atoms with Crippen molar-refractivity contribution in [1.82, 2.24) is 0 Å². The first kappa shape index (κ1) is 11.8. The lowest BCUT2D eigenvalue weighted by atomic mass is 10.1. The molecule has 1 saturated carbocycles. The molecular weight excluding hydrogens is 214 g/mol. The molecule has 90 valence electrons. The molecule has 3 nitrogen and oxygen atoms in total. The molecule has 1 fully saturated rings. The minimum Gasteiger partial charge on any atom is -0.467 e. The first-order valence-electron chi connectivity index (χ1n) is 5.70. The molecule has 1 aromatic carbocycles. The molecule has 1 aliphatic rings. The number of carbonyl (C=O) groups is 1. The molecule has 0 amide bonds. The van der Waals surface area contributed by atoms with Gasteiger partial charge in [-0.3, -0.25) is 4.99 Å². The molecule has 1 unspecified atom stereocenters. The Morgan fingerprint density at radius 2 is 1.94 bits per heavy atom. The van der Waals surface area contributed by atoms with Gasteiger partial charge >= 0.3 is 5.97 Å². The Labute approximate surface area is 102 Å². The summed E-state index contributed by atoms with van der Waals surface area (Å²) in [6.45, 7) is 4.07. The molecule has 1 atom stereocenters. The Morgan fingerprint density at radius 3 is 2.41 bits per heavy atom. The highest BCUT2D eigenvalue weighted by atomic mass is 16.5.